The van der Waals surface area contributed by atoms with Crippen LogP contribution in [0.1, 0.15) is 49.5 Å². The highest BCUT2D eigenvalue weighted by Gasteiger charge is 2.20. The lowest BCUT2D eigenvalue weighted by Gasteiger charge is -2.24. The second-order valence-electron chi connectivity index (χ2n) is 6.14. The van der Waals surface area contributed by atoms with Gasteiger partial charge in [0.25, 0.3) is 0 Å². The zero-order valence-electron chi connectivity index (χ0n) is 13.6. The molecule has 3 rings (SSSR count). The van der Waals surface area contributed by atoms with Crippen LogP contribution in [-0.2, 0) is 13.2 Å². The molecular formula is C18H24ClN3O. The summed E-state index contributed by atoms with van der Waals surface area (Å²) in [4.78, 5) is 0. The van der Waals surface area contributed by atoms with Crippen molar-refractivity contribution in [3.05, 3.63) is 46.7 Å². The van der Waals surface area contributed by atoms with Crippen molar-refractivity contribution in [1.29, 1.82) is 0 Å². The molecule has 1 N–H and O–H groups in total. The normalized spacial score (nSPS) is 15.7. The van der Waals surface area contributed by atoms with Crippen molar-refractivity contribution in [1.82, 2.24) is 15.1 Å². The second kappa shape index (κ2) is 7.84. The first-order valence-corrected chi connectivity index (χ1v) is 8.74. The van der Waals surface area contributed by atoms with E-state index >= 15 is 0 Å². The minimum atomic E-state index is 0.507. The third-order valence-corrected chi connectivity index (χ3v) is 4.56. The summed E-state index contributed by atoms with van der Waals surface area (Å²) in [6.07, 6.45) is 6.35. The number of aromatic nitrogens is 2. The molecule has 1 aromatic carbocycles. The minimum Gasteiger partial charge on any atom is -0.487 e. The first-order chi connectivity index (χ1) is 11.3. The Morgan fingerprint density at radius 2 is 2.09 bits per heavy atom. The summed E-state index contributed by atoms with van der Waals surface area (Å²) in [5, 5.41) is 8.67. The van der Waals surface area contributed by atoms with E-state index in [1.54, 1.807) is 0 Å². The molecule has 0 amide bonds. The summed E-state index contributed by atoms with van der Waals surface area (Å²) in [5.74, 6) is 0.795. The Morgan fingerprint density at radius 3 is 2.83 bits per heavy atom. The van der Waals surface area contributed by atoms with Gasteiger partial charge in [0.05, 0.1) is 17.4 Å². The SMILES string of the molecule is CNCc1cc(COc2cccc(Cl)c2)n(C2CCCCC2)n1. The van der Waals surface area contributed by atoms with Gasteiger partial charge >= 0.3 is 0 Å². The molecular weight excluding hydrogens is 310 g/mol. The maximum Gasteiger partial charge on any atom is 0.130 e. The molecule has 1 aromatic heterocycles. The molecule has 2 aromatic rings. The van der Waals surface area contributed by atoms with Crippen LogP contribution in [-0.4, -0.2) is 16.8 Å². The van der Waals surface area contributed by atoms with Crippen LogP contribution >= 0.6 is 11.6 Å². The van der Waals surface area contributed by atoms with Gasteiger partial charge in [0.15, 0.2) is 0 Å². The smallest absolute Gasteiger partial charge is 0.130 e. The van der Waals surface area contributed by atoms with E-state index in [9.17, 15) is 0 Å². The predicted octanol–water partition coefficient (Wildman–Crippen LogP) is 4.34. The molecule has 1 saturated carbocycles. The van der Waals surface area contributed by atoms with Crippen LogP contribution in [0.4, 0.5) is 0 Å². The fraction of sp³-hybridized carbons (Fsp3) is 0.500. The molecule has 1 heterocycles. The van der Waals surface area contributed by atoms with Gasteiger partial charge in [0, 0.05) is 11.6 Å². The Kier molecular flexibility index (Phi) is 5.57. The standard InChI is InChI=1S/C18H24ClN3O/c1-20-12-15-11-17(13-23-18-9-5-6-14(19)10-18)22(21-15)16-7-3-2-4-8-16/h5-6,9-11,16,20H,2-4,7-8,12-13H2,1H3. The number of nitrogens with one attached hydrogen (secondary N) is 1. The number of hydrogen-bond acceptors (Lipinski definition) is 3. The summed E-state index contributed by atoms with van der Waals surface area (Å²) in [7, 11) is 1.95. The molecule has 0 radical (unpaired) electrons. The maximum atomic E-state index is 6.02. The number of nitrogens with zero attached hydrogens (tertiary/aromatic N) is 2. The summed E-state index contributed by atoms with van der Waals surface area (Å²) in [5.41, 5.74) is 2.21. The van der Waals surface area contributed by atoms with Crippen LogP contribution in [0.2, 0.25) is 5.02 Å². The minimum absolute atomic E-state index is 0.507. The van der Waals surface area contributed by atoms with Crippen molar-refractivity contribution >= 4 is 11.6 Å². The molecule has 0 atom stereocenters. The molecule has 23 heavy (non-hydrogen) atoms. The Balaban J connectivity index is 1.75. The topological polar surface area (TPSA) is 39.1 Å². The lowest BCUT2D eigenvalue weighted by Crippen LogP contribution is -2.18. The molecule has 5 heteroatoms. The molecule has 0 spiro atoms. The van der Waals surface area contributed by atoms with Gasteiger partial charge in [-0.15, -0.1) is 0 Å². The van der Waals surface area contributed by atoms with Crippen LogP contribution in [0.5, 0.6) is 5.75 Å². The third kappa shape index (κ3) is 4.27. The predicted molar refractivity (Wildman–Crippen MR) is 92.9 cm³/mol. The van der Waals surface area contributed by atoms with Gasteiger partial charge in [-0.1, -0.05) is 36.9 Å². The fourth-order valence-corrected chi connectivity index (χ4v) is 3.40. The number of ether oxygens (including phenoxy) is 1. The van der Waals surface area contributed by atoms with E-state index in [2.05, 4.69) is 16.1 Å². The zero-order valence-corrected chi connectivity index (χ0v) is 14.4. The van der Waals surface area contributed by atoms with E-state index in [-0.39, 0.29) is 0 Å². The van der Waals surface area contributed by atoms with E-state index in [4.69, 9.17) is 21.4 Å². The summed E-state index contributed by atoms with van der Waals surface area (Å²) in [6.45, 7) is 1.30. The highest BCUT2D eigenvalue weighted by atomic mass is 35.5. The highest BCUT2D eigenvalue weighted by Crippen LogP contribution is 2.29. The monoisotopic (exact) mass is 333 g/mol. The molecule has 1 aliphatic rings. The van der Waals surface area contributed by atoms with Crippen molar-refractivity contribution in [2.45, 2.75) is 51.3 Å². The third-order valence-electron chi connectivity index (χ3n) is 4.32. The first kappa shape index (κ1) is 16.3. The molecule has 4 nitrogen and oxygen atoms in total. The van der Waals surface area contributed by atoms with Crippen LogP contribution < -0.4 is 10.1 Å². The van der Waals surface area contributed by atoms with E-state index < -0.39 is 0 Å². The van der Waals surface area contributed by atoms with Crippen molar-refractivity contribution in [3.63, 3.8) is 0 Å². The van der Waals surface area contributed by atoms with Crippen LogP contribution in [0.25, 0.3) is 0 Å². The zero-order chi connectivity index (χ0) is 16.1. The molecule has 1 fully saturated rings. The Hall–Kier alpha value is -1.52. The second-order valence-corrected chi connectivity index (χ2v) is 6.58. The Morgan fingerprint density at radius 1 is 1.26 bits per heavy atom. The van der Waals surface area contributed by atoms with Crippen LogP contribution in [0.15, 0.2) is 30.3 Å². The van der Waals surface area contributed by atoms with Gasteiger partial charge in [-0.05, 0) is 44.2 Å². The number of benzene rings is 1. The van der Waals surface area contributed by atoms with Crippen molar-refractivity contribution in [2.24, 2.45) is 0 Å². The van der Waals surface area contributed by atoms with Gasteiger partial charge in [0.2, 0.25) is 0 Å². The van der Waals surface area contributed by atoms with Gasteiger partial charge in [-0.2, -0.15) is 5.10 Å². The highest BCUT2D eigenvalue weighted by molar-refractivity contribution is 6.30. The Bertz CT molecular complexity index is 635. The largest absolute Gasteiger partial charge is 0.487 e. The van der Waals surface area contributed by atoms with Gasteiger partial charge in [0.1, 0.15) is 12.4 Å². The molecule has 1 aliphatic carbocycles. The van der Waals surface area contributed by atoms with E-state index in [1.807, 2.05) is 31.3 Å². The maximum absolute atomic E-state index is 6.02. The lowest BCUT2D eigenvalue weighted by atomic mass is 9.95. The van der Waals surface area contributed by atoms with Crippen LogP contribution in [0.3, 0.4) is 0 Å². The Labute approximate surface area is 142 Å². The van der Waals surface area contributed by atoms with Crippen LogP contribution in [0, 0.1) is 0 Å². The first-order valence-electron chi connectivity index (χ1n) is 8.36. The molecule has 124 valence electrons. The molecule has 0 saturated heterocycles. The number of rotatable bonds is 6. The molecule has 0 aliphatic heterocycles. The van der Waals surface area contributed by atoms with E-state index in [0.717, 1.165) is 23.7 Å². The number of hydrogen-bond donors (Lipinski definition) is 1. The van der Waals surface area contributed by atoms with Gasteiger partial charge in [-0.3, -0.25) is 4.68 Å². The summed E-state index contributed by atoms with van der Waals surface area (Å²) in [6, 6.07) is 10.2. The van der Waals surface area contributed by atoms with E-state index in [1.165, 1.54) is 32.1 Å². The summed E-state index contributed by atoms with van der Waals surface area (Å²) < 4.78 is 8.12. The fourth-order valence-electron chi connectivity index (χ4n) is 3.22. The lowest BCUT2D eigenvalue weighted by molar-refractivity contribution is 0.265. The van der Waals surface area contributed by atoms with E-state index in [0.29, 0.717) is 17.7 Å². The average molecular weight is 334 g/mol. The molecule has 0 bridgehead atoms. The molecule has 0 unspecified atom stereocenters. The van der Waals surface area contributed by atoms with Gasteiger partial charge in [-0.25, -0.2) is 0 Å². The quantitative estimate of drug-likeness (QED) is 0.854. The summed E-state index contributed by atoms with van der Waals surface area (Å²) >= 11 is 6.02. The van der Waals surface area contributed by atoms with Crippen molar-refractivity contribution in [2.75, 3.05) is 7.05 Å². The van der Waals surface area contributed by atoms with Gasteiger partial charge < -0.3 is 10.1 Å². The number of halogens is 1. The van der Waals surface area contributed by atoms with Crippen molar-refractivity contribution in [3.8, 4) is 5.75 Å². The van der Waals surface area contributed by atoms with Crippen molar-refractivity contribution < 1.29 is 4.74 Å². The average Bonchev–Trinajstić information content (AvgIpc) is 2.97.